The number of hydrogen-bond acceptors (Lipinski definition) is 5. The van der Waals surface area contributed by atoms with Gasteiger partial charge in [0.25, 0.3) is 0 Å². The van der Waals surface area contributed by atoms with E-state index in [1.54, 1.807) is 0 Å². The Morgan fingerprint density at radius 2 is 2.12 bits per heavy atom. The number of fused-ring (bicyclic) bond motifs is 2. The van der Waals surface area contributed by atoms with Crippen LogP contribution in [0.1, 0.15) is 36.7 Å². The van der Waals surface area contributed by atoms with Gasteiger partial charge in [-0.25, -0.2) is 0 Å². The summed E-state index contributed by atoms with van der Waals surface area (Å²) >= 11 is 0. The highest BCUT2D eigenvalue weighted by Gasteiger charge is 2.31. The number of benzene rings is 1. The van der Waals surface area contributed by atoms with Crippen LogP contribution in [0.3, 0.4) is 0 Å². The first-order chi connectivity index (χ1) is 12.3. The summed E-state index contributed by atoms with van der Waals surface area (Å²) in [5, 5.41) is 4.56. The van der Waals surface area contributed by atoms with E-state index < -0.39 is 0 Å². The summed E-state index contributed by atoms with van der Waals surface area (Å²) in [6.45, 7) is 8.68. The number of ether oxygens (including phenoxy) is 3. The van der Waals surface area contributed by atoms with Crippen LogP contribution in [-0.4, -0.2) is 41.2 Å². The van der Waals surface area contributed by atoms with Crippen molar-refractivity contribution in [3.8, 4) is 11.5 Å². The van der Waals surface area contributed by atoms with E-state index in [0.29, 0.717) is 13.4 Å². The predicted molar refractivity (Wildman–Crippen MR) is 93.8 cm³/mol. The molecule has 1 aromatic heterocycles. The van der Waals surface area contributed by atoms with Gasteiger partial charge in [0.1, 0.15) is 0 Å². The Balaban J connectivity index is 1.59. The van der Waals surface area contributed by atoms with E-state index in [1.807, 2.05) is 19.2 Å². The van der Waals surface area contributed by atoms with Crippen molar-refractivity contribution in [2.24, 2.45) is 0 Å². The number of hydrogen-bond donors (Lipinski definition) is 0. The van der Waals surface area contributed by atoms with Gasteiger partial charge in [-0.05, 0) is 43.5 Å². The Kier molecular flexibility index (Phi) is 4.63. The molecule has 0 amide bonds. The third kappa shape index (κ3) is 3.12. The molecule has 1 aromatic carbocycles. The molecule has 0 N–H and O–H groups in total. The van der Waals surface area contributed by atoms with Crippen LogP contribution in [0.4, 0.5) is 0 Å². The van der Waals surface area contributed by atoms with E-state index in [1.165, 1.54) is 16.8 Å². The maximum atomic E-state index is 5.81. The van der Waals surface area contributed by atoms with Crippen molar-refractivity contribution in [3.63, 3.8) is 0 Å². The summed E-state index contributed by atoms with van der Waals surface area (Å²) < 4.78 is 18.9. The maximum Gasteiger partial charge on any atom is 0.231 e. The molecule has 0 spiro atoms. The lowest BCUT2D eigenvalue weighted by atomic mass is 9.99. The zero-order valence-corrected chi connectivity index (χ0v) is 14.9. The molecule has 1 unspecified atom stereocenters. The molecule has 0 saturated heterocycles. The van der Waals surface area contributed by atoms with Gasteiger partial charge in [0.15, 0.2) is 11.5 Å². The number of aryl methyl sites for hydroxylation is 1. The average Bonchev–Trinajstić information content (AvgIpc) is 3.26. The Labute approximate surface area is 148 Å². The van der Waals surface area contributed by atoms with Gasteiger partial charge in [0.2, 0.25) is 6.79 Å². The SMILES string of the molecule is CCOCC1c2c(cnn2CC)CCN1Cc1ccc2c(c1)OCO2. The number of rotatable bonds is 6. The third-order valence-electron chi connectivity index (χ3n) is 4.99. The molecule has 134 valence electrons. The quantitative estimate of drug-likeness (QED) is 0.807. The fraction of sp³-hybridized carbons (Fsp3) is 0.526. The molecule has 0 fully saturated rings. The lowest BCUT2D eigenvalue weighted by Crippen LogP contribution is -2.38. The van der Waals surface area contributed by atoms with Gasteiger partial charge < -0.3 is 14.2 Å². The molecule has 6 heteroatoms. The molecule has 1 atom stereocenters. The minimum atomic E-state index is 0.233. The van der Waals surface area contributed by atoms with Gasteiger partial charge in [-0.3, -0.25) is 9.58 Å². The molecule has 2 aliphatic rings. The largest absolute Gasteiger partial charge is 0.454 e. The Bertz CT molecular complexity index is 730. The van der Waals surface area contributed by atoms with Crippen molar-refractivity contribution in [2.75, 3.05) is 26.6 Å². The van der Waals surface area contributed by atoms with Crippen LogP contribution < -0.4 is 9.47 Å². The molecule has 0 aliphatic carbocycles. The second-order valence-electron chi connectivity index (χ2n) is 6.45. The Morgan fingerprint density at radius 1 is 1.24 bits per heavy atom. The predicted octanol–water partition coefficient (Wildman–Crippen LogP) is 2.77. The van der Waals surface area contributed by atoms with E-state index in [4.69, 9.17) is 14.2 Å². The van der Waals surface area contributed by atoms with Crippen LogP contribution in [-0.2, 0) is 24.2 Å². The van der Waals surface area contributed by atoms with Gasteiger partial charge in [-0.1, -0.05) is 6.07 Å². The number of aromatic nitrogens is 2. The minimum Gasteiger partial charge on any atom is -0.454 e. The molecular formula is C19H25N3O3. The second-order valence-corrected chi connectivity index (χ2v) is 6.45. The number of nitrogens with zero attached hydrogens (tertiary/aromatic N) is 3. The summed E-state index contributed by atoms with van der Waals surface area (Å²) in [6, 6.07) is 6.45. The topological polar surface area (TPSA) is 48.8 Å². The summed E-state index contributed by atoms with van der Waals surface area (Å²) in [4.78, 5) is 2.49. The zero-order valence-electron chi connectivity index (χ0n) is 14.9. The van der Waals surface area contributed by atoms with E-state index in [-0.39, 0.29) is 6.04 Å². The summed E-state index contributed by atoms with van der Waals surface area (Å²) in [5.41, 5.74) is 3.90. The van der Waals surface area contributed by atoms with Crippen LogP contribution in [0.2, 0.25) is 0 Å². The molecule has 4 rings (SSSR count). The van der Waals surface area contributed by atoms with Crippen molar-refractivity contribution < 1.29 is 14.2 Å². The van der Waals surface area contributed by atoms with Crippen molar-refractivity contribution in [2.45, 2.75) is 39.4 Å². The average molecular weight is 343 g/mol. The monoisotopic (exact) mass is 343 g/mol. The normalized spacial score (nSPS) is 19.2. The molecule has 3 heterocycles. The van der Waals surface area contributed by atoms with Crippen LogP contribution in [0.25, 0.3) is 0 Å². The van der Waals surface area contributed by atoms with Crippen molar-refractivity contribution in [1.29, 1.82) is 0 Å². The first-order valence-corrected chi connectivity index (χ1v) is 9.05. The molecule has 0 radical (unpaired) electrons. The Hall–Kier alpha value is -2.05. The van der Waals surface area contributed by atoms with Gasteiger partial charge in [-0.15, -0.1) is 0 Å². The lowest BCUT2D eigenvalue weighted by molar-refractivity contribution is 0.0514. The lowest BCUT2D eigenvalue weighted by Gasteiger charge is -2.36. The summed E-state index contributed by atoms with van der Waals surface area (Å²) in [6.07, 6.45) is 3.05. The van der Waals surface area contributed by atoms with E-state index in [0.717, 1.165) is 44.2 Å². The minimum absolute atomic E-state index is 0.233. The standard InChI is InChI=1S/C19H25N3O3/c1-3-22-19-15(10-20-22)7-8-21(16(19)12-23-4-2)11-14-5-6-17-18(9-14)25-13-24-17/h5-6,9-10,16H,3-4,7-8,11-13H2,1-2H3. The molecule has 2 aliphatic heterocycles. The van der Waals surface area contributed by atoms with E-state index >= 15 is 0 Å². The van der Waals surface area contributed by atoms with Gasteiger partial charge in [0.05, 0.1) is 24.5 Å². The molecule has 6 nitrogen and oxygen atoms in total. The van der Waals surface area contributed by atoms with Crippen molar-refractivity contribution >= 4 is 0 Å². The van der Waals surface area contributed by atoms with Gasteiger partial charge in [0, 0.05) is 26.2 Å². The van der Waals surface area contributed by atoms with Crippen LogP contribution in [0, 0.1) is 0 Å². The summed E-state index contributed by atoms with van der Waals surface area (Å²) in [5.74, 6) is 1.68. The molecule has 0 saturated carbocycles. The van der Waals surface area contributed by atoms with Crippen molar-refractivity contribution in [3.05, 3.63) is 41.2 Å². The zero-order chi connectivity index (χ0) is 17.2. The van der Waals surface area contributed by atoms with Crippen LogP contribution in [0.5, 0.6) is 11.5 Å². The van der Waals surface area contributed by atoms with E-state index in [9.17, 15) is 0 Å². The fourth-order valence-corrected chi connectivity index (χ4v) is 3.73. The summed E-state index contributed by atoms with van der Waals surface area (Å²) in [7, 11) is 0. The van der Waals surface area contributed by atoms with E-state index in [2.05, 4.69) is 33.7 Å². The fourth-order valence-electron chi connectivity index (χ4n) is 3.73. The first kappa shape index (κ1) is 16.4. The highest BCUT2D eigenvalue weighted by Crippen LogP contribution is 2.35. The highest BCUT2D eigenvalue weighted by atomic mass is 16.7. The maximum absolute atomic E-state index is 5.81. The first-order valence-electron chi connectivity index (χ1n) is 9.05. The second kappa shape index (κ2) is 7.06. The van der Waals surface area contributed by atoms with Gasteiger partial charge in [-0.2, -0.15) is 5.10 Å². The van der Waals surface area contributed by atoms with Crippen molar-refractivity contribution in [1.82, 2.24) is 14.7 Å². The smallest absolute Gasteiger partial charge is 0.231 e. The van der Waals surface area contributed by atoms with Crippen LogP contribution >= 0.6 is 0 Å². The molecular weight excluding hydrogens is 318 g/mol. The Morgan fingerprint density at radius 3 is 2.96 bits per heavy atom. The molecule has 2 aromatic rings. The molecule has 0 bridgehead atoms. The molecule has 25 heavy (non-hydrogen) atoms. The highest BCUT2D eigenvalue weighted by molar-refractivity contribution is 5.44. The third-order valence-corrected chi connectivity index (χ3v) is 4.99. The van der Waals surface area contributed by atoms with Gasteiger partial charge >= 0.3 is 0 Å². The van der Waals surface area contributed by atoms with Crippen LogP contribution in [0.15, 0.2) is 24.4 Å².